The highest BCUT2D eigenvalue weighted by atomic mass is 17.2. The van der Waals surface area contributed by atoms with Crippen LogP contribution in [0.25, 0.3) is 0 Å². The molecule has 1 N–H and O–H groups in total. The van der Waals surface area contributed by atoms with Gasteiger partial charge < -0.3 is 5.11 Å². The molecule has 1 aliphatic heterocycles. The van der Waals surface area contributed by atoms with Gasteiger partial charge in [-0.3, -0.25) is 19.2 Å². The SMILES string of the molecule is CC(C)=CCC12CC3C[C@H]4C(C)(C)OO[C@@H](C(C)(C)O)CC4(C1=O)C(=O)C(C(=O)c1ccccc1)(C2=O)C3(C)C. The van der Waals surface area contributed by atoms with Crippen molar-refractivity contribution in [2.45, 2.75) is 98.4 Å². The molecule has 5 aliphatic rings. The summed E-state index contributed by atoms with van der Waals surface area (Å²) in [5, 5.41) is 11.1. The zero-order valence-corrected chi connectivity index (χ0v) is 24.9. The van der Waals surface area contributed by atoms with E-state index in [1.165, 1.54) is 0 Å². The third kappa shape index (κ3) is 3.47. The van der Waals surface area contributed by atoms with Gasteiger partial charge in [-0.05, 0) is 78.6 Å². The minimum absolute atomic E-state index is 0.125. The number of allylic oxidation sites excluding steroid dienone is 2. The van der Waals surface area contributed by atoms with Crippen molar-refractivity contribution in [2.24, 2.45) is 33.5 Å². The average Bonchev–Trinajstić information content (AvgIpc) is 3.07. The van der Waals surface area contributed by atoms with Crippen molar-refractivity contribution in [3.8, 4) is 0 Å². The van der Waals surface area contributed by atoms with E-state index in [4.69, 9.17) is 9.78 Å². The van der Waals surface area contributed by atoms with Gasteiger partial charge in [0.2, 0.25) is 0 Å². The summed E-state index contributed by atoms with van der Waals surface area (Å²) >= 11 is 0. The van der Waals surface area contributed by atoms with Crippen LogP contribution >= 0.6 is 0 Å². The second-order valence-electron chi connectivity index (χ2n) is 14.5. The Morgan fingerprint density at radius 1 is 1.00 bits per heavy atom. The number of carbonyl (C=O) groups is 4. The fourth-order valence-corrected chi connectivity index (χ4v) is 8.45. The number of hydrogen-bond donors (Lipinski definition) is 1. The molecule has 1 saturated heterocycles. The Balaban J connectivity index is 1.91. The molecule has 7 nitrogen and oxygen atoms in total. The Kier molecular flexibility index (Phi) is 6.36. The molecule has 4 unspecified atom stereocenters. The quantitative estimate of drug-likeness (QED) is 0.231. The van der Waals surface area contributed by atoms with E-state index in [-0.39, 0.29) is 30.7 Å². The number of hydrogen-bond acceptors (Lipinski definition) is 7. The highest BCUT2D eigenvalue weighted by molar-refractivity contribution is 6.42. The predicted molar refractivity (Wildman–Crippen MR) is 148 cm³/mol. The van der Waals surface area contributed by atoms with Gasteiger partial charge in [0.1, 0.15) is 11.7 Å². The van der Waals surface area contributed by atoms with Gasteiger partial charge in [0.05, 0.1) is 16.4 Å². The molecule has 6 atom stereocenters. The van der Waals surface area contributed by atoms with E-state index in [1.807, 2.05) is 33.8 Å². The van der Waals surface area contributed by atoms with E-state index in [0.717, 1.165) is 5.57 Å². The van der Waals surface area contributed by atoms with E-state index in [0.29, 0.717) is 6.42 Å². The van der Waals surface area contributed by atoms with Gasteiger partial charge in [-0.1, -0.05) is 55.8 Å². The van der Waals surface area contributed by atoms with Crippen molar-refractivity contribution < 1.29 is 34.1 Å². The van der Waals surface area contributed by atoms with E-state index in [9.17, 15) is 9.90 Å². The van der Waals surface area contributed by atoms with Gasteiger partial charge in [-0.15, -0.1) is 0 Å². The predicted octanol–water partition coefficient (Wildman–Crippen LogP) is 5.24. The Hall–Kier alpha value is -2.48. The van der Waals surface area contributed by atoms with Crippen LogP contribution in [0.15, 0.2) is 42.0 Å². The van der Waals surface area contributed by atoms with Crippen LogP contribution in [0.2, 0.25) is 0 Å². The van der Waals surface area contributed by atoms with Gasteiger partial charge in [0.15, 0.2) is 28.5 Å². The Morgan fingerprint density at radius 2 is 1.62 bits per heavy atom. The van der Waals surface area contributed by atoms with Gasteiger partial charge in [-0.2, -0.15) is 0 Å². The molecule has 40 heavy (non-hydrogen) atoms. The summed E-state index contributed by atoms with van der Waals surface area (Å²) in [4.78, 5) is 72.2. The zero-order valence-electron chi connectivity index (χ0n) is 24.9. The summed E-state index contributed by atoms with van der Waals surface area (Å²) in [6.45, 7) is 14.2. The highest BCUT2D eigenvalue weighted by Gasteiger charge is 2.85. The van der Waals surface area contributed by atoms with Crippen LogP contribution in [0.3, 0.4) is 0 Å². The monoisotopic (exact) mass is 550 g/mol. The van der Waals surface area contributed by atoms with Crippen molar-refractivity contribution >= 4 is 23.1 Å². The van der Waals surface area contributed by atoms with E-state index in [2.05, 4.69) is 0 Å². The first-order valence-electron chi connectivity index (χ1n) is 14.4. The molecule has 0 amide bonds. The number of aliphatic hydroxyl groups is 1. The molecule has 1 spiro atoms. The topological polar surface area (TPSA) is 107 Å². The Labute approximate surface area is 236 Å². The minimum atomic E-state index is -2.07. The standard InChI is InChI=1S/C33H42O7/c1-19(2)14-15-31-17-21-16-22-30(7,8)40-39-23(29(5,6)38)18-32(22,25(31)35)27(37)33(26(31)36,28(21,3)4)24(34)20-12-10-9-11-13-20/h9-14,21-23,38H,15-18H2,1-8H3/t21?,22-,23+,31?,32?,33?/m0/s1. The fourth-order valence-electron chi connectivity index (χ4n) is 8.45. The van der Waals surface area contributed by atoms with Crippen molar-refractivity contribution in [1.82, 2.24) is 0 Å². The molecule has 5 fully saturated rings. The highest BCUT2D eigenvalue weighted by Crippen LogP contribution is 2.73. The lowest BCUT2D eigenvalue weighted by Crippen LogP contribution is -2.76. The number of rotatable bonds is 5. The van der Waals surface area contributed by atoms with Crippen LogP contribution in [-0.4, -0.2) is 45.5 Å². The van der Waals surface area contributed by atoms with Crippen LogP contribution in [0.1, 0.15) is 91.4 Å². The maximum atomic E-state index is 15.4. The van der Waals surface area contributed by atoms with E-state index in [1.54, 1.807) is 58.0 Å². The van der Waals surface area contributed by atoms with Crippen LogP contribution in [0.5, 0.6) is 0 Å². The van der Waals surface area contributed by atoms with Crippen LogP contribution < -0.4 is 0 Å². The first kappa shape index (κ1) is 29.0. The van der Waals surface area contributed by atoms with Gasteiger partial charge in [-0.25, -0.2) is 9.78 Å². The summed E-state index contributed by atoms with van der Waals surface area (Å²) < 4.78 is 0. The summed E-state index contributed by atoms with van der Waals surface area (Å²) in [6.07, 6.45) is 1.48. The van der Waals surface area contributed by atoms with Crippen LogP contribution in [-0.2, 0) is 24.2 Å². The van der Waals surface area contributed by atoms with E-state index >= 15 is 14.4 Å². The largest absolute Gasteiger partial charge is 0.388 e. The normalized spacial score (nSPS) is 37.9. The molecular weight excluding hydrogens is 508 g/mol. The summed E-state index contributed by atoms with van der Waals surface area (Å²) in [6, 6.07) is 8.49. The maximum absolute atomic E-state index is 15.4. The smallest absolute Gasteiger partial charge is 0.184 e. The van der Waals surface area contributed by atoms with Crippen LogP contribution in [0, 0.1) is 33.5 Å². The first-order chi connectivity index (χ1) is 18.4. The molecule has 1 aromatic rings. The molecule has 7 heteroatoms. The molecule has 4 saturated carbocycles. The van der Waals surface area contributed by atoms with Crippen molar-refractivity contribution in [2.75, 3.05) is 0 Å². The molecule has 0 aromatic heterocycles. The molecule has 1 aromatic carbocycles. The molecule has 6 rings (SSSR count). The van der Waals surface area contributed by atoms with Gasteiger partial charge >= 0.3 is 0 Å². The molecular formula is C33H42O7. The molecule has 4 bridgehead atoms. The first-order valence-corrected chi connectivity index (χ1v) is 14.4. The maximum Gasteiger partial charge on any atom is 0.184 e. The summed E-state index contributed by atoms with van der Waals surface area (Å²) in [7, 11) is 0. The van der Waals surface area contributed by atoms with Gasteiger partial charge in [0.25, 0.3) is 0 Å². The molecule has 1 heterocycles. The second-order valence-corrected chi connectivity index (χ2v) is 14.5. The summed E-state index contributed by atoms with van der Waals surface area (Å²) in [5.41, 5.74) is -7.80. The summed E-state index contributed by atoms with van der Waals surface area (Å²) in [5.74, 6) is -3.17. The third-order valence-electron chi connectivity index (χ3n) is 10.8. The van der Waals surface area contributed by atoms with Crippen molar-refractivity contribution in [3.05, 3.63) is 47.5 Å². The molecule has 4 aliphatic carbocycles. The zero-order chi connectivity index (χ0) is 29.7. The third-order valence-corrected chi connectivity index (χ3v) is 10.8. The number of ketones is 4. The minimum Gasteiger partial charge on any atom is -0.388 e. The molecule has 216 valence electrons. The Morgan fingerprint density at radius 3 is 2.20 bits per heavy atom. The lowest BCUT2D eigenvalue weighted by molar-refractivity contribution is -0.394. The number of benzene rings is 1. The lowest BCUT2D eigenvalue weighted by Gasteiger charge is -2.61. The van der Waals surface area contributed by atoms with Crippen molar-refractivity contribution in [3.63, 3.8) is 0 Å². The molecule has 0 radical (unpaired) electrons. The number of carbonyl (C=O) groups excluding carboxylic acids is 4. The van der Waals surface area contributed by atoms with Crippen molar-refractivity contribution in [1.29, 1.82) is 0 Å². The Bertz CT molecular complexity index is 1310. The average molecular weight is 551 g/mol. The van der Waals surface area contributed by atoms with Crippen LogP contribution in [0.4, 0.5) is 0 Å². The second kappa shape index (κ2) is 8.76. The van der Waals surface area contributed by atoms with Gasteiger partial charge in [0, 0.05) is 11.5 Å². The fraction of sp³-hybridized carbons (Fsp3) is 0.636. The number of Topliss-reactive ketones (excluding diaryl/α,β-unsaturated/α-hetero) is 4. The lowest BCUT2D eigenvalue weighted by atomic mass is 9.36. The van der Waals surface area contributed by atoms with E-state index < -0.39 is 68.0 Å².